The van der Waals surface area contributed by atoms with Gasteiger partial charge < -0.3 is 9.84 Å². The molecule has 108 valence electrons. The van der Waals surface area contributed by atoms with E-state index in [1.165, 1.54) is 6.07 Å². The van der Waals surface area contributed by atoms with Gasteiger partial charge in [-0.15, -0.1) is 0 Å². The van der Waals surface area contributed by atoms with E-state index in [1.54, 1.807) is 24.3 Å². The summed E-state index contributed by atoms with van der Waals surface area (Å²) in [6.07, 6.45) is 0. The smallest absolute Gasteiger partial charge is 0.349 e. The molecule has 0 atom stereocenters. The number of esters is 2. The molecule has 0 saturated heterocycles. The van der Waals surface area contributed by atoms with Crippen LogP contribution >= 0.6 is 31.9 Å². The summed E-state index contributed by atoms with van der Waals surface area (Å²) in [6, 6.07) is 9.66. The fourth-order valence-electron chi connectivity index (χ4n) is 1.69. The highest BCUT2D eigenvalue weighted by Crippen LogP contribution is 2.32. The van der Waals surface area contributed by atoms with Gasteiger partial charge in [0.25, 0.3) is 0 Å². The molecule has 0 saturated carbocycles. The first kappa shape index (κ1) is 15.7. The lowest BCUT2D eigenvalue weighted by atomic mass is 10.1. The number of carbonyl (C=O) groups excluding carboxylic acids is 2. The van der Waals surface area contributed by atoms with Gasteiger partial charge in [0.2, 0.25) is 0 Å². The van der Waals surface area contributed by atoms with Crippen molar-refractivity contribution in [3.63, 3.8) is 0 Å². The van der Waals surface area contributed by atoms with E-state index in [4.69, 9.17) is 4.74 Å². The number of hydrogen-bond donors (Lipinski definition) is 1. The number of aromatic hydroxyl groups is 1. The molecule has 0 aliphatic heterocycles. The van der Waals surface area contributed by atoms with Crippen LogP contribution in [0.2, 0.25) is 0 Å². The predicted octanol–water partition coefficient (Wildman–Crippen LogP) is 4.22. The van der Waals surface area contributed by atoms with Gasteiger partial charge in [-0.3, -0.25) is 0 Å². The zero-order valence-electron chi connectivity index (χ0n) is 10.9. The molecule has 2 rings (SSSR count). The van der Waals surface area contributed by atoms with E-state index >= 15 is 0 Å². The minimum atomic E-state index is -0.916. The van der Waals surface area contributed by atoms with Gasteiger partial charge in [0.1, 0.15) is 11.3 Å². The maximum atomic E-state index is 12.0. The number of benzene rings is 2. The third-order valence-electron chi connectivity index (χ3n) is 2.69. The van der Waals surface area contributed by atoms with Gasteiger partial charge in [-0.1, -0.05) is 33.6 Å². The molecule has 4 nitrogen and oxygen atoms in total. The van der Waals surface area contributed by atoms with Gasteiger partial charge in [-0.2, -0.15) is 0 Å². The SMILES string of the molecule is Cc1cccc(C(=O)OC(=O)c2cc(Br)cc(Br)c2O)c1. The van der Waals surface area contributed by atoms with Crippen molar-refractivity contribution in [2.45, 2.75) is 6.92 Å². The van der Waals surface area contributed by atoms with E-state index in [9.17, 15) is 14.7 Å². The first-order valence-electron chi connectivity index (χ1n) is 5.89. The summed E-state index contributed by atoms with van der Waals surface area (Å²) < 4.78 is 5.69. The molecule has 2 aromatic carbocycles. The average molecular weight is 414 g/mol. The Morgan fingerprint density at radius 3 is 2.48 bits per heavy atom. The Bertz CT molecular complexity index is 726. The molecule has 0 heterocycles. The highest BCUT2D eigenvalue weighted by atomic mass is 79.9. The highest BCUT2D eigenvalue weighted by molar-refractivity contribution is 9.11. The summed E-state index contributed by atoms with van der Waals surface area (Å²) in [7, 11) is 0. The molecule has 0 amide bonds. The van der Waals surface area contributed by atoms with Crippen LogP contribution in [0.4, 0.5) is 0 Å². The molecule has 0 bridgehead atoms. The zero-order chi connectivity index (χ0) is 15.6. The topological polar surface area (TPSA) is 63.6 Å². The van der Waals surface area contributed by atoms with E-state index in [1.807, 2.05) is 13.0 Å². The van der Waals surface area contributed by atoms with Crippen molar-refractivity contribution in [2.75, 3.05) is 0 Å². The fourth-order valence-corrected chi connectivity index (χ4v) is 2.92. The predicted molar refractivity (Wildman–Crippen MR) is 84.4 cm³/mol. The zero-order valence-corrected chi connectivity index (χ0v) is 14.1. The van der Waals surface area contributed by atoms with Crippen LogP contribution in [-0.4, -0.2) is 17.0 Å². The molecule has 0 aliphatic rings. The molecule has 21 heavy (non-hydrogen) atoms. The van der Waals surface area contributed by atoms with Crippen molar-refractivity contribution in [3.8, 4) is 5.75 Å². The maximum Gasteiger partial charge on any atom is 0.349 e. The lowest BCUT2D eigenvalue weighted by Gasteiger charge is -2.07. The summed E-state index contributed by atoms with van der Waals surface area (Å²) in [5.41, 5.74) is 1.05. The number of hydrogen-bond acceptors (Lipinski definition) is 4. The number of halogens is 2. The number of ether oxygens (including phenoxy) is 1. The number of rotatable bonds is 2. The minimum absolute atomic E-state index is 0.0998. The van der Waals surface area contributed by atoms with Crippen molar-refractivity contribution in [2.24, 2.45) is 0 Å². The van der Waals surface area contributed by atoms with Crippen molar-refractivity contribution in [1.29, 1.82) is 0 Å². The Morgan fingerprint density at radius 2 is 1.81 bits per heavy atom. The largest absolute Gasteiger partial charge is 0.506 e. The van der Waals surface area contributed by atoms with Gasteiger partial charge in [-0.25, -0.2) is 9.59 Å². The molecular formula is C15H10Br2O4. The Hall–Kier alpha value is -1.66. The second kappa shape index (κ2) is 6.41. The molecule has 2 aromatic rings. The first-order chi connectivity index (χ1) is 9.88. The van der Waals surface area contributed by atoms with Crippen LogP contribution in [0.1, 0.15) is 26.3 Å². The highest BCUT2D eigenvalue weighted by Gasteiger charge is 2.20. The summed E-state index contributed by atoms with van der Waals surface area (Å²) in [6.45, 7) is 1.83. The molecular weight excluding hydrogens is 404 g/mol. The fraction of sp³-hybridized carbons (Fsp3) is 0.0667. The summed E-state index contributed by atoms with van der Waals surface area (Å²) in [4.78, 5) is 23.9. The van der Waals surface area contributed by atoms with E-state index in [-0.39, 0.29) is 16.9 Å². The number of phenolic OH excluding ortho intramolecular Hbond substituents is 1. The van der Waals surface area contributed by atoms with E-state index in [2.05, 4.69) is 31.9 Å². The lowest BCUT2D eigenvalue weighted by molar-refractivity contribution is 0.0396. The van der Waals surface area contributed by atoms with E-state index in [0.717, 1.165) is 5.56 Å². The summed E-state index contributed by atoms with van der Waals surface area (Å²) in [5, 5.41) is 9.84. The van der Waals surface area contributed by atoms with Crippen LogP contribution in [-0.2, 0) is 4.74 Å². The third-order valence-corrected chi connectivity index (χ3v) is 3.75. The van der Waals surface area contributed by atoms with Gasteiger partial charge in [0.15, 0.2) is 0 Å². The third kappa shape index (κ3) is 3.71. The quantitative estimate of drug-likeness (QED) is 0.591. The monoisotopic (exact) mass is 412 g/mol. The molecule has 0 fully saturated rings. The lowest BCUT2D eigenvalue weighted by Crippen LogP contribution is -2.13. The normalized spacial score (nSPS) is 10.2. The molecule has 6 heteroatoms. The maximum absolute atomic E-state index is 12.0. The van der Waals surface area contributed by atoms with Crippen molar-refractivity contribution in [1.82, 2.24) is 0 Å². The second-order valence-electron chi connectivity index (χ2n) is 4.33. The molecule has 0 aliphatic carbocycles. The van der Waals surface area contributed by atoms with Crippen LogP contribution < -0.4 is 0 Å². The Morgan fingerprint density at radius 1 is 1.10 bits per heavy atom. The number of carbonyl (C=O) groups is 2. The second-order valence-corrected chi connectivity index (χ2v) is 6.10. The number of phenols is 1. The van der Waals surface area contributed by atoms with Gasteiger partial charge in [-0.05, 0) is 47.1 Å². The number of aryl methyl sites for hydroxylation is 1. The molecule has 0 radical (unpaired) electrons. The van der Waals surface area contributed by atoms with Gasteiger partial charge in [0.05, 0.1) is 10.0 Å². The Balaban J connectivity index is 2.24. The van der Waals surface area contributed by atoms with Crippen LogP contribution in [0.5, 0.6) is 5.75 Å². The van der Waals surface area contributed by atoms with Crippen LogP contribution in [0.15, 0.2) is 45.3 Å². The molecule has 0 aromatic heterocycles. The first-order valence-corrected chi connectivity index (χ1v) is 7.48. The van der Waals surface area contributed by atoms with Crippen molar-refractivity contribution in [3.05, 3.63) is 62.0 Å². The molecule has 0 unspecified atom stereocenters. The average Bonchev–Trinajstić information content (AvgIpc) is 2.42. The summed E-state index contributed by atoms with van der Waals surface area (Å²) >= 11 is 6.32. The van der Waals surface area contributed by atoms with Crippen LogP contribution in [0, 0.1) is 6.92 Å². The van der Waals surface area contributed by atoms with Crippen LogP contribution in [0.3, 0.4) is 0 Å². The standard InChI is InChI=1S/C15H10Br2O4/c1-8-3-2-4-9(5-8)14(19)21-15(20)11-6-10(16)7-12(17)13(11)18/h2-7,18H,1H3. The van der Waals surface area contributed by atoms with E-state index < -0.39 is 11.9 Å². The molecule has 1 N–H and O–H groups in total. The molecule has 0 spiro atoms. The minimum Gasteiger partial charge on any atom is -0.506 e. The van der Waals surface area contributed by atoms with E-state index in [0.29, 0.717) is 8.95 Å². The Labute approximate surface area is 138 Å². The van der Waals surface area contributed by atoms with Crippen molar-refractivity contribution >= 4 is 43.8 Å². The van der Waals surface area contributed by atoms with Gasteiger partial charge in [0, 0.05) is 4.47 Å². The summed E-state index contributed by atoms with van der Waals surface area (Å²) in [5.74, 6) is -1.96. The van der Waals surface area contributed by atoms with Crippen LogP contribution in [0.25, 0.3) is 0 Å². The van der Waals surface area contributed by atoms with Crippen molar-refractivity contribution < 1.29 is 19.4 Å². The van der Waals surface area contributed by atoms with Gasteiger partial charge >= 0.3 is 11.9 Å². The Kier molecular flexibility index (Phi) is 4.80.